The number of anilines is 1. The minimum Gasteiger partial charge on any atom is -0.355 e. The molecule has 2 atom stereocenters. The number of fused-ring (bicyclic) bond motifs is 2. The van der Waals surface area contributed by atoms with E-state index in [4.69, 9.17) is 5.26 Å². The van der Waals surface area contributed by atoms with Crippen LogP contribution in [0, 0.1) is 11.3 Å². The molecule has 4 heteroatoms. The number of nitrogens with zero attached hydrogens (tertiary/aromatic N) is 4. The third kappa shape index (κ3) is 1.95. The average Bonchev–Trinajstić information content (AvgIpc) is 2.64. The first-order valence-electron chi connectivity index (χ1n) is 6.61. The number of aromatic nitrogens is 1. The average molecular weight is 242 g/mol. The Balaban J connectivity index is 1.78. The number of likely N-dealkylation sites (N-methyl/N-ethyl adjacent to an activating group) is 1. The Morgan fingerprint density at radius 3 is 2.83 bits per heavy atom. The van der Waals surface area contributed by atoms with Crippen molar-refractivity contribution in [2.75, 3.05) is 25.0 Å². The van der Waals surface area contributed by atoms with E-state index in [0.29, 0.717) is 11.6 Å². The van der Waals surface area contributed by atoms with Crippen molar-refractivity contribution in [3.05, 3.63) is 23.9 Å². The third-order valence-electron chi connectivity index (χ3n) is 4.35. The number of hydrogen-bond acceptors (Lipinski definition) is 4. The van der Waals surface area contributed by atoms with Crippen LogP contribution in [0.5, 0.6) is 0 Å². The Labute approximate surface area is 108 Å². The predicted octanol–water partition coefficient (Wildman–Crippen LogP) is 1.63. The normalized spacial score (nSPS) is 27.9. The number of nitriles is 1. The second-order valence-corrected chi connectivity index (χ2v) is 5.30. The lowest BCUT2D eigenvalue weighted by atomic mass is 10.1. The molecule has 2 fully saturated rings. The lowest BCUT2D eigenvalue weighted by Crippen LogP contribution is -2.36. The van der Waals surface area contributed by atoms with Crippen molar-refractivity contribution in [3.63, 3.8) is 0 Å². The van der Waals surface area contributed by atoms with Gasteiger partial charge < -0.3 is 4.90 Å². The molecule has 0 unspecified atom stereocenters. The molecule has 2 bridgehead atoms. The Bertz CT molecular complexity index is 462. The SMILES string of the molecule is CN1[C@H]2CC[C@H]1CN(c1ccc(C#N)cn1)CC2. The fourth-order valence-electron chi connectivity index (χ4n) is 3.16. The van der Waals surface area contributed by atoms with Gasteiger partial charge in [0.2, 0.25) is 0 Å². The fraction of sp³-hybridized carbons (Fsp3) is 0.571. The molecule has 2 saturated heterocycles. The van der Waals surface area contributed by atoms with Crippen LogP contribution in [-0.2, 0) is 0 Å². The molecule has 0 aromatic carbocycles. The van der Waals surface area contributed by atoms with Crippen molar-refractivity contribution in [3.8, 4) is 6.07 Å². The Hall–Kier alpha value is -1.60. The van der Waals surface area contributed by atoms with Gasteiger partial charge >= 0.3 is 0 Å². The van der Waals surface area contributed by atoms with Crippen molar-refractivity contribution in [1.29, 1.82) is 5.26 Å². The van der Waals surface area contributed by atoms with Crippen LogP contribution >= 0.6 is 0 Å². The van der Waals surface area contributed by atoms with E-state index in [1.807, 2.05) is 12.1 Å². The smallest absolute Gasteiger partial charge is 0.128 e. The quantitative estimate of drug-likeness (QED) is 0.750. The molecule has 0 radical (unpaired) electrons. The van der Waals surface area contributed by atoms with Gasteiger partial charge in [0, 0.05) is 31.4 Å². The van der Waals surface area contributed by atoms with Gasteiger partial charge in [0.15, 0.2) is 0 Å². The predicted molar refractivity (Wildman–Crippen MR) is 70.4 cm³/mol. The molecule has 0 N–H and O–H groups in total. The maximum Gasteiger partial charge on any atom is 0.128 e. The minimum atomic E-state index is 0.632. The summed E-state index contributed by atoms with van der Waals surface area (Å²) in [5.74, 6) is 1.01. The zero-order valence-corrected chi connectivity index (χ0v) is 10.7. The van der Waals surface area contributed by atoms with E-state index in [0.717, 1.165) is 24.9 Å². The van der Waals surface area contributed by atoms with Crippen LogP contribution in [0.4, 0.5) is 5.82 Å². The maximum atomic E-state index is 8.79. The molecular weight excluding hydrogens is 224 g/mol. The van der Waals surface area contributed by atoms with Crippen molar-refractivity contribution in [2.45, 2.75) is 31.3 Å². The van der Waals surface area contributed by atoms with E-state index in [9.17, 15) is 0 Å². The van der Waals surface area contributed by atoms with Crippen LogP contribution in [0.1, 0.15) is 24.8 Å². The van der Waals surface area contributed by atoms with Crippen molar-refractivity contribution >= 4 is 5.82 Å². The first-order valence-corrected chi connectivity index (χ1v) is 6.61. The summed E-state index contributed by atoms with van der Waals surface area (Å²) >= 11 is 0. The molecule has 0 saturated carbocycles. The Kier molecular flexibility index (Phi) is 2.92. The van der Waals surface area contributed by atoms with Crippen LogP contribution in [-0.4, -0.2) is 42.1 Å². The monoisotopic (exact) mass is 242 g/mol. The summed E-state index contributed by atoms with van der Waals surface area (Å²) in [6, 6.07) is 7.35. The zero-order valence-electron chi connectivity index (χ0n) is 10.7. The van der Waals surface area contributed by atoms with Crippen molar-refractivity contribution in [2.24, 2.45) is 0 Å². The van der Waals surface area contributed by atoms with Crippen LogP contribution in [0.25, 0.3) is 0 Å². The van der Waals surface area contributed by atoms with Gasteiger partial charge in [-0.3, -0.25) is 4.90 Å². The van der Waals surface area contributed by atoms with E-state index in [1.165, 1.54) is 19.3 Å². The fourth-order valence-corrected chi connectivity index (χ4v) is 3.16. The molecule has 1 aromatic heterocycles. The number of pyridine rings is 1. The molecule has 4 nitrogen and oxygen atoms in total. The van der Waals surface area contributed by atoms with Crippen molar-refractivity contribution < 1.29 is 0 Å². The summed E-state index contributed by atoms with van der Waals surface area (Å²) < 4.78 is 0. The molecule has 2 aliphatic heterocycles. The van der Waals surface area contributed by atoms with Gasteiger partial charge in [-0.1, -0.05) is 0 Å². The van der Waals surface area contributed by atoms with E-state index in [2.05, 4.69) is 27.9 Å². The Morgan fingerprint density at radius 1 is 1.28 bits per heavy atom. The van der Waals surface area contributed by atoms with Gasteiger partial charge in [-0.25, -0.2) is 4.98 Å². The molecule has 3 heterocycles. The van der Waals surface area contributed by atoms with Crippen LogP contribution < -0.4 is 4.90 Å². The van der Waals surface area contributed by atoms with E-state index in [1.54, 1.807) is 6.20 Å². The summed E-state index contributed by atoms with van der Waals surface area (Å²) in [5, 5.41) is 8.79. The molecule has 0 amide bonds. The summed E-state index contributed by atoms with van der Waals surface area (Å²) in [5.41, 5.74) is 0.632. The largest absolute Gasteiger partial charge is 0.355 e. The van der Waals surface area contributed by atoms with Crippen molar-refractivity contribution in [1.82, 2.24) is 9.88 Å². The molecule has 0 aliphatic carbocycles. The second kappa shape index (κ2) is 4.58. The highest BCUT2D eigenvalue weighted by atomic mass is 15.3. The summed E-state index contributed by atoms with van der Waals surface area (Å²) in [7, 11) is 2.25. The molecule has 3 rings (SSSR count). The van der Waals surface area contributed by atoms with E-state index in [-0.39, 0.29) is 0 Å². The highest BCUT2D eigenvalue weighted by molar-refractivity contribution is 5.42. The molecule has 1 aromatic rings. The summed E-state index contributed by atoms with van der Waals surface area (Å²) in [4.78, 5) is 9.30. The topological polar surface area (TPSA) is 43.2 Å². The molecular formula is C14H18N4. The van der Waals surface area contributed by atoms with Gasteiger partial charge in [-0.05, 0) is 38.4 Å². The first-order chi connectivity index (χ1) is 8.78. The first kappa shape index (κ1) is 11.5. The minimum absolute atomic E-state index is 0.632. The van der Waals surface area contributed by atoms with Crippen LogP contribution in [0.3, 0.4) is 0 Å². The lowest BCUT2D eigenvalue weighted by molar-refractivity contribution is 0.254. The second-order valence-electron chi connectivity index (χ2n) is 5.30. The molecule has 94 valence electrons. The lowest BCUT2D eigenvalue weighted by Gasteiger charge is -2.26. The number of hydrogen-bond donors (Lipinski definition) is 0. The molecule has 0 spiro atoms. The van der Waals surface area contributed by atoms with Gasteiger partial charge in [0.25, 0.3) is 0 Å². The standard InChI is InChI=1S/C14H18N4/c1-17-12-3-4-13(17)10-18(7-6-12)14-5-2-11(8-15)9-16-14/h2,5,9,12-13H,3-4,6-7,10H2,1H3/t12-,13-/m0/s1. The Morgan fingerprint density at radius 2 is 2.11 bits per heavy atom. The third-order valence-corrected chi connectivity index (χ3v) is 4.35. The van der Waals surface area contributed by atoms with Gasteiger partial charge in [-0.2, -0.15) is 5.26 Å². The van der Waals surface area contributed by atoms with Gasteiger partial charge in [-0.15, -0.1) is 0 Å². The van der Waals surface area contributed by atoms with Crippen LogP contribution in [0.15, 0.2) is 18.3 Å². The molecule has 2 aliphatic rings. The zero-order chi connectivity index (χ0) is 12.5. The van der Waals surface area contributed by atoms with Crippen LogP contribution in [0.2, 0.25) is 0 Å². The summed E-state index contributed by atoms with van der Waals surface area (Å²) in [6.45, 7) is 2.14. The number of rotatable bonds is 1. The van der Waals surface area contributed by atoms with Gasteiger partial charge in [0.1, 0.15) is 11.9 Å². The highest BCUT2D eigenvalue weighted by Crippen LogP contribution is 2.29. The molecule has 18 heavy (non-hydrogen) atoms. The highest BCUT2D eigenvalue weighted by Gasteiger charge is 2.34. The summed E-state index contributed by atoms with van der Waals surface area (Å²) in [6.07, 6.45) is 5.53. The van der Waals surface area contributed by atoms with E-state index >= 15 is 0 Å². The maximum absolute atomic E-state index is 8.79. The van der Waals surface area contributed by atoms with Gasteiger partial charge in [0.05, 0.1) is 5.56 Å². The van der Waals surface area contributed by atoms with E-state index < -0.39 is 0 Å².